The number of rotatable bonds is 10. The smallest absolute Gasteiger partial charge is 0.327 e. The Hall–Kier alpha value is -4.14. The zero-order valence-electron chi connectivity index (χ0n) is 20.5. The second kappa shape index (κ2) is 10.5. The zero-order chi connectivity index (χ0) is 25.9. The van der Waals surface area contributed by atoms with Gasteiger partial charge in [0.15, 0.2) is 0 Å². The number of carboxylic acid groups (broad SMARTS) is 1. The van der Waals surface area contributed by atoms with E-state index in [-0.39, 0.29) is 30.7 Å². The van der Waals surface area contributed by atoms with Gasteiger partial charge in [-0.05, 0) is 35.6 Å². The van der Waals surface area contributed by atoms with Crippen LogP contribution in [0.3, 0.4) is 0 Å². The lowest BCUT2D eigenvalue weighted by Crippen LogP contribution is -2.42. The summed E-state index contributed by atoms with van der Waals surface area (Å²) in [6, 6.07) is 13.8. The van der Waals surface area contributed by atoms with Crippen LogP contribution in [0.25, 0.3) is 10.9 Å². The number of H-pyrrole nitrogens is 1. The number of unbranched alkanes of at least 4 members (excludes halogenated alkanes) is 2. The van der Waals surface area contributed by atoms with Crippen molar-refractivity contribution in [1.82, 2.24) is 20.1 Å². The molecule has 1 fully saturated rings. The van der Waals surface area contributed by atoms with E-state index in [0.717, 1.165) is 27.6 Å². The predicted molar refractivity (Wildman–Crippen MR) is 137 cm³/mol. The Morgan fingerprint density at radius 3 is 2.59 bits per heavy atom. The van der Waals surface area contributed by atoms with Crippen LogP contribution in [0.4, 0.5) is 4.79 Å². The SMILES string of the molecule is O=C(CCCCCN1C(=O)[C@@H]2Cc3ccccc3CN2C1=O)N[C@@H](Cc1c[nH]c2ccccc12)C(=O)O. The maximum Gasteiger partial charge on any atom is 0.327 e. The van der Waals surface area contributed by atoms with Gasteiger partial charge in [-0.15, -0.1) is 0 Å². The van der Waals surface area contributed by atoms with Crippen molar-refractivity contribution >= 4 is 34.7 Å². The van der Waals surface area contributed by atoms with Crippen LogP contribution in [-0.4, -0.2) is 62.3 Å². The van der Waals surface area contributed by atoms with Crippen molar-refractivity contribution in [2.45, 2.75) is 57.2 Å². The van der Waals surface area contributed by atoms with Crippen molar-refractivity contribution in [2.75, 3.05) is 6.54 Å². The molecule has 2 atom stereocenters. The van der Waals surface area contributed by atoms with Crippen LogP contribution < -0.4 is 5.32 Å². The maximum absolute atomic E-state index is 12.9. The number of hydrogen-bond acceptors (Lipinski definition) is 4. The van der Waals surface area contributed by atoms with Crippen LogP contribution in [0.1, 0.15) is 42.4 Å². The van der Waals surface area contributed by atoms with Crippen LogP contribution in [0, 0.1) is 0 Å². The summed E-state index contributed by atoms with van der Waals surface area (Å²) in [6.07, 6.45) is 4.47. The number of imide groups is 1. The summed E-state index contributed by atoms with van der Waals surface area (Å²) in [5.41, 5.74) is 3.95. The number of para-hydroxylation sites is 1. The van der Waals surface area contributed by atoms with Gasteiger partial charge in [-0.2, -0.15) is 0 Å². The van der Waals surface area contributed by atoms with Crippen LogP contribution in [0.2, 0.25) is 0 Å². The molecule has 3 N–H and O–H groups in total. The number of hydrogen-bond donors (Lipinski definition) is 3. The number of urea groups is 1. The molecule has 0 bridgehead atoms. The Morgan fingerprint density at radius 2 is 1.78 bits per heavy atom. The fraction of sp³-hybridized carbons (Fsp3) is 0.357. The third kappa shape index (κ3) is 5.07. The molecule has 1 saturated heterocycles. The number of amides is 4. The number of aromatic nitrogens is 1. The van der Waals surface area contributed by atoms with E-state index in [9.17, 15) is 24.3 Å². The highest BCUT2D eigenvalue weighted by Gasteiger charge is 2.46. The van der Waals surface area contributed by atoms with E-state index < -0.39 is 18.1 Å². The summed E-state index contributed by atoms with van der Waals surface area (Å²) in [5.74, 6) is -1.56. The first-order valence-electron chi connectivity index (χ1n) is 12.7. The lowest BCUT2D eigenvalue weighted by molar-refractivity contribution is -0.141. The van der Waals surface area contributed by atoms with Crippen LogP contribution in [-0.2, 0) is 33.8 Å². The quantitative estimate of drug-likeness (QED) is 0.290. The Kier molecular flexibility index (Phi) is 6.94. The maximum atomic E-state index is 12.9. The summed E-state index contributed by atoms with van der Waals surface area (Å²) in [5, 5.41) is 13.2. The second-order valence-electron chi connectivity index (χ2n) is 9.72. The van der Waals surface area contributed by atoms with Gasteiger partial charge in [0.2, 0.25) is 5.91 Å². The highest BCUT2D eigenvalue weighted by molar-refractivity contribution is 6.04. The highest BCUT2D eigenvalue weighted by atomic mass is 16.4. The van der Waals surface area contributed by atoms with Crippen molar-refractivity contribution in [2.24, 2.45) is 0 Å². The normalized spacial score (nSPS) is 17.6. The molecule has 3 heterocycles. The molecule has 2 aromatic carbocycles. The molecule has 192 valence electrons. The topological polar surface area (TPSA) is 123 Å². The number of fused-ring (bicyclic) bond motifs is 3. The van der Waals surface area contributed by atoms with Crippen molar-refractivity contribution in [3.63, 3.8) is 0 Å². The largest absolute Gasteiger partial charge is 0.480 e. The van der Waals surface area contributed by atoms with Gasteiger partial charge in [0.05, 0.1) is 0 Å². The van der Waals surface area contributed by atoms with Gasteiger partial charge < -0.3 is 20.3 Å². The zero-order valence-corrected chi connectivity index (χ0v) is 20.5. The van der Waals surface area contributed by atoms with Crippen LogP contribution in [0.5, 0.6) is 0 Å². The van der Waals surface area contributed by atoms with Gasteiger partial charge >= 0.3 is 12.0 Å². The molecule has 0 spiro atoms. The van der Waals surface area contributed by atoms with Gasteiger partial charge in [-0.1, -0.05) is 48.9 Å². The van der Waals surface area contributed by atoms with E-state index in [1.54, 1.807) is 11.1 Å². The Morgan fingerprint density at radius 1 is 1.03 bits per heavy atom. The van der Waals surface area contributed by atoms with Gasteiger partial charge in [-0.25, -0.2) is 9.59 Å². The number of nitrogens with zero attached hydrogens (tertiary/aromatic N) is 2. The minimum Gasteiger partial charge on any atom is -0.480 e. The predicted octanol–water partition coefficient (Wildman–Crippen LogP) is 3.23. The van der Waals surface area contributed by atoms with Crippen molar-refractivity contribution in [1.29, 1.82) is 0 Å². The summed E-state index contributed by atoms with van der Waals surface area (Å²) in [4.78, 5) is 56.0. The summed E-state index contributed by atoms with van der Waals surface area (Å²) in [7, 11) is 0. The highest BCUT2D eigenvalue weighted by Crippen LogP contribution is 2.30. The van der Waals surface area contributed by atoms with Crippen LogP contribution >= 0.6 is 0 Å². The Balaban J connectivity index is 1.07. The summed E-state index contributed by atoms with van der Waals surface area (Å²) >= 11 is 0. The average molecular weight is 503 g/mol. The molecule has 37 heavy (non-hydrogen) atoms. The number of carboxylic acids is 1. The number of benzene rings is 2. The van der Waals surface area contributed by atoms with Gasteiger partial charge in [-0.3, -0.25) is 14.5 Å². The molecule has 9 heteroatoms. The van der Waals surface area contributed by atoms with E-state index in [2.05, 4.69) is 10.3 Å². The van der Waals surface area contributed by atoms with E-state index in [4.69, 9.17) is 0 Å². The van der Waals surface area contributed by atoms with Gasteiger partial charge in [0.25, 0.3) is 5.91 Å². The first-order valence-corrected chi connectivity index (χ1v) is 12.7. The molecule has 9 nitrogen and oxygen atoms in total. The lowest BCUT2D eigenvalue weighted by Gasteiger charge is -2.28. The number of aliphatic carboxylic acids is 1. The fourth-order valence-electron chi connectivity index (χ4n) is 5.30. The number of carbonyl (C=O) groups excluding carboxylic acids is 3. The summed E-state index contributed by atoms with van der Waals surface area (Å²) < 4.78 is 0. The van der Waals surface area contributed by atoms with E-state index in [1.165, 1.54) is 4.90 Å². The van der Waals surface area contributed by atoms with Crippen molar-refractivity contribution in [3.8, 4) is 0 Å². The number of carbonyl (C=O) groups is 4. The second-order valence-corrected chi connectivity index (χ2v) is 9.72. The number of aromatic amines is 1. The molecule has 1 aromatic heterocycles. The third-order valence-electron chi connectivity index (χ3n) is 7.29. The first-order chi connectivity index (χ1) is 17.9. The van der Waals surface area contributed by atoms with Crippen LogP contribution in [0.15, 0.2) is 54.7 Å². The van der Waals surface area contributed by atoms with Gasteiger partial charge in [0, 0.05) is 49.5 Å². The molecular weight excluding hydrogens is 472 g/mol. The molecule has 5 rings (SSSR count). The molecule has 0 unspecified atom stereocenters. The molecule has 0 saturated carbocycles. The van der Waals surface area contributed by atoms with E-state index >= 15 is 0 Å². The molecule has 0 radical (unpaired) electrons. The standard InChI is InChI=1S/C28H30N4O5/c33-25(30-23(27(35)36)14-20-16-29-22-11-6-5-10-21(20)22)12-2-1-7-13-31-26(34)24-15-18-8-3-4-9-19(18)17-32(24)28(31)37/h3-6,8-11,16,23-24,29H,1-2,7,12-15,17H2,(H,30,33)(H,35,36)/t23-,24-/m0/s1. The third-order valence-corrected chi connectivity index (χ3v) is 7.29. The average Bonchev–Trinajstić information content (AvgIpc) is 3.40. The van der Waals surface area contributed by atoms with Gasteiger partial charge in [0.1, 0.15) is 12.1 Å². The van der Waals surface area contributed by atoms with Crippen molar-refractivity contribution in [3.05, 3.63) is 71.4 Å². The van der Waals surface area contributed by atoms with E-state index in [1.807, 2.05) is 48.5 Å². The summed E-state index contributed by atoms with van der Waals surface area (Å²) in [6.45, 7) is 0.770. The van der Waals surface area contributed by atoms with E-state index in [0.29, 0.717) is 38.8 Å². The first kappa shape index (κ1) is 24.5. The molecule has 2 aliphatic heterocycles. The number of nitrogens with one attached hydrogen (secondary N) is 2. The fourth-order valence-corrected chi connectivity index (χ4v) is 5.30. The van der Waals surface area contributed by atoms with Crippen molar-refractivity contribution < 1.29 is 24.3 Å². The molecule has 0 aliphatic carbocycles. The monoisotopic (exact) mass is 502 g/mol. The minimum absolute atomic E-state index is 0.154. The molecular formula is C28H30N4O5. The molecule has 2 aliphatic rings. The minimum atomic E-state index is -1.08. The lowest BCUT2D eigenvalue weighted by atomic mass is 9.95. The Labute approximate surface area is 214 Å². The molecule has 4 amide bonds. The Bertz CT molecular complexity index is 1310. The molecule has 3 aromatic rings.